The molecule has 2 unspecified atom stereocenters. The Labute approximate surface area is 132 Å². The number of nitro benzene ring substituents is 1. The lowest BCUT2D eigenvalue weighted by atomic mass is 10.1. The normalized spacial score (nSPS) is 16.2. The minimum Gasteiger partial charge on any atom is -0.490 e. The highest BCUT2D eigenvalue weighted by molar-refractivity contribution is 7.58. The van der Waals surface area contributed by atoms with Crippen LogP contribution in [0.3, 0.4) is 0 Å². The van der Waals surface area contributed by atoms with Crippen molar-refractivity contribution in [2.24, 2.45) is 5.73 Å². The maximum absolute atomic E-state index is 12.4. The number of carbonyl (C=O) groups is 1. The molecule has 1 aromatic carbocycles. The summed E-state index contributed by atoms with van der Waals surface area (Å²) in [5.74, 6) is -1.20. The van der Waals surface area contributed by atoms with Crippen LogP contribution >= 0.6 is 7.37 Å². The van der Waals surface area contributed by atoms with Crippen LogP contribution < -0.4 is 10.5 Å². The quantitative estimate of drug-likeness (QED) is 0.365. The SMILES string of the molecule is COc1ccc(C(C)P(=O)(O)CC[C@H](N)C(=O)O)cc1[N+](=O)[O-]. The van der Waals surface area contributed by atoms with E-state index in [-0.39, 0.29) is 24.0 Å². The summed E-state index contributed by atoms with van der Waals surface area (Å²) in [6.07, 6.45) is -0.451. The zero-order valence-corrected chi connectivity index (χ0v) is 13.6. The van der Waals surface area contributed by atoms with E-state index >= 15 is 0 Å². The van der Waals surface area contributed by atoms with Crippen LogP contribution in [-0.2, 0) is 9.36 Å². The molecule has 9 nitrogen and oxygen atoms in total. The Morgan fingerprint density at radius 2 is 2.13 bits per heavy atom. The topological polar surface area (TPSA) is 153 Å². The van der Waals surface area contributed by atoms with Gasteiger partial charge in [0.25, 0.3) is 0 Å². The van der Waals surface area contributed by atoms with E-state index in [0.717, 1.165) is 0 Å². The summed E-state index contributed by atoms with van der Waals surface area (Å²) >= 11 is 0. The van der Waals surface area contributed by atoms with Gasteiger partial charge in [-0.15, -0.1) is 0 Å². The highest BCUT2D eigenvalue weighted by Crippen LogP contribution is 2.56. The molecule has 0 aliphatic rings. The zero-order valence-electron chi connectivity index (χ0n) is 12.7. The highest BCUT2D eigenvalue weighted by Gasteiger charge is 2.31. The summed E-state index contributed by atoms with van der Waals surface area (Å²) in [5, 5.41) is 19.7. The third-order valence-electron chi connectivity index (χ3n) is 3.56. The second-order valence-corrected chi connectivity index (χ2v) is 7.81. The van der Waals surface area contributed by atoms with Crippen LogP contribution in [0.15, 0.2) is 18.2 Å². The molecule has 0 radical (unpaired) electrons. The van der Waals surface area contributed by atoms with E-state index in [1.807, 2.05) is 0 Å². The van der Waals surface area contributed by atoms with Gasteiger partial charge in [-0.2, -0.15) is 0 Å². The molecule has 23 heavy (non-hydrogen) atoms. The Hall–Kier alpha value is -1.96. The van der Waals surface area contributed by atoms with Crippen molar-refractivity contribution in [3.05, 3.63) is 33.9 Å². The van der Waals surface area contributed by atoms with Gasteiger partial charge in [0, 0.05) is 12.2 Å². The highest BCUT2D eigenvalue weighted by atomic mass is 31.2. The van der Waals surface area contributed by atoms with Crippen LogP contribution in [0.25, 0.3) is 0 Å². The summed E-state index contributed by atoms with van der Waals surface area (Å²) in [4.78, 5) is 31.2. The molecule has 0 aromatic heterocycles. The van der Waals surface area contributed by atoms with Gasteiger partial charge in [-0.3, -0.25) is 19.5 Å². The van der Waals surface area contributed by atoms with Gasteiger partial charge in [0.05, 0.1) is 17.7 Å². The van der Waals surface area contributed by atoms with Crippen molar-refractivity contribution in [2.75, 3.05) is 13.3 Å². The zero-order chi connectivity index (χ0) is 17.8. The van der Waals surface area contributed by atoms with Crippen LogP contribution in [0.1, 0.15) is 24.6 Å². The standard InChI is InChI=1S/C13H19N2O7P/c1-8(23(20,21)6-5-10(14)13(16)17)9-3-4-12(22-2)11(7-9)15(18)19/h3-4,7-8,10H,5-6,14H2,1-2H3,(H,16,17)(H,20,21)/t8?,10-/m0/s1. The number of carboxylic acid groups (broad SMARTS) is 1. The van der Waals surface area contributed by atoms with E-state index < -0.39 is 30.0 Å². The van der Waals surface area contributed by atoms with Crippen LogP contribution in [0.4, 0.5) is 5.69 Å². The molecule has 0 saturated carbocycles. The molecule has 0 spiro atoms. The van der Waals surface area contributed by atoms with Gasteiger partial charge in [0.2, 0.25) is 7.37 Å². The van der Waals surface area contributed by atoms with E-state index in [0.29, 0.717) is 5.56 Å². The fourth-order valence-electron chi connectivity index (χ4n) is 1.98. The van der Waals surface area contributed by atoms with Gasteiger partial charge in [0.15, 0.2) is 5.75 Å². The number of aliphatic carboxylic acids is 1. The van der Waals surface area contributed by atoms with Crippen molar-refractivity contribution in [3.63, 3.8) is 0 Å². The fourth-order valence-corrected chi connectivity index (χ4v) is 3.65. The lowest BCUT2D eigenvalue weighted by Crippen LogP contribution is -2.31. The Bertz CT molecular complexity index is 649. The largest absolute Gasteiger partial charge is 0.490 e. The lowest BCUT2D eigenvalue weighted by Gasteiger charge is -2.20. The molecule has 4 N–H and O–H groups in total. The van der Waals surface area contributed by atoms with Gasteiger partial charge >= 0.3 is 11.7 Å². The first-order chi connectivity index (χ1) is 10.6. The average molecular weight is 346 g/mol. The molecule has 0 heterocycles. The van der Waals surface area contributed by atoms with Crippen molar-refractivity contribution in [2.45, 2.75) is 25.0 Å². The summed E-state index contributed by atoms with van der Waals surface area (Å²) in [6.45, 7) is 1.46. The van der Waals surface area contributed by atoms with Gasteiger partial charge in [-0.05, 0) is 25.0 Å². The first-order valence-corrected chi connectivity index (χ1v) is 8.63. The van der Waals surface area contributed by atoms with E-state index in [1.54, 1.807) is 0 Å². The van der Waals surface area contributed by atoms with Crippen LogP contribution in [0.2, 0.25) is 0 Å². The Morgan fingerprint density at radius 3 is 2.61 bits per heavy atom. The fraction of sp³-hybridized carbons (Fsp3) is 0.462. The van der Waals surface area contributed by atoms with Crippen molar-refractivity contribution in [1.29, 1.82) is 0 Å². The molecule has 0 aliphatic heterocycles. The molecule has 1 rings (SSSR count). The summed E-state index contributed by atoms with van der Waals surface area (Å²) in [5.41, 5.74) is 4.42. The molecule has 1 aromatic rings. The minimum absolute atomic E-state index is 0.0478. The van der Waals surface area contributed by atoms with Crippen molar-refractivity contribution < 1.29 is 29.0 Å². The Kier molecular flexibility index (Phi) is 6.26. The molecular formula is C13H19N2O7P. The number of methoxy groups -OCH3 is 1. The molecule has 0 bridgehead atoms. The third-order valence-corrected chi connectivity index (χ3v) is 5.97. The van der Waals surface area contributed by atoms with Gasteiger partial charge < -0.3 is 20.5 Å². The number of nitro groups is 1. The predicted octanol–water partition coefficient (Wildman–Crippen LogP) is 1.74. The van der Waals surface area contributed by atoms with Crippen molar-refractivity contribution >= 4 is 19.0 Å². The number of ether oxygens (including phenoxy) is 1. The maximum atomic E-state index is 12.4. The molecule has 0 amide bonds. The van der Waals surface area contributed by atoms with Crippen LogP contribution in [0, 0.1) is 10.1 Å². The number of hydrogen-bond acceptors (Lipinski definition) is 6. The molecule has 0 saturated heterocycles. The second kappa shape index (κ2) is 7.54. The number of nitrogens with zero attached hydrogens (tertiary/aromatic N) is 1. The predicted molar refractivity (Wildman–Crippen MR) is 83.0 cm³/mol. The molecule has 0 aliphatic carbocycles. The third kappa shape index (κ3) is 4.75. The summed E-state index contributed by atoms with van der Waals surface area (Å²) in [6, 6.07) is 2.78. The van der Waals surface area contributed by atoms with E-state index in [1.165, 1.54) is 32.2 Å². The lowest BCUT2D eigenvalue weighted by molar-refractivity contribution is -0.385. The van der Waals surface area contributed by atoms with Gasteiger partial charge in [-0.25, -0.2) is 0 Å². The smallest absolute Gasteiger partial charge is 0.320 e. The van der Waals surface area contributed by atoms with E-state index in [4.69, 9.17) is 15.6 Å². The van der Waals surface area contributed by atoms with Crippen LogP contribution in [0.5, 0.6) is 5.75 Å². The average Bonchev–Trinajstić information content (AvgIpc) is 2.50. The summed E-state index contributed by atoms with van der Waals surface area (Å²) < 4.78 is 17.3. The molecule has 10 heteroatoms. The Morgan fingerprint density at radius 1 is 1.52 bits per heavy atom. The first kappa shape index (κ1) is 19.1. The maximum Gasteiger partial charge on any atom is 0.320 e. The molecule has 3 atom stereocenters. The van der Waals surface area contributed by atoms with Crippen LogP contribution in [-0.4, -0.2) is 40.2 Å². The van der Waals surface area contributed by atoms with Gasteiger partial charge in [-0.1, -0.05) is 6.07 Å². The van der Waals surface area contributed by atoms with E-state index in [2.05, 4.69) is 0 Å². The molecule has 128 valence electrons. The minimum atomic E-state index is -3.78. The van der Waals surface area contributed by atoms with Crippen molar-refractivity contribution in [1.82, 2.24) is 0 Å². The number of hydrogen-bond donors (Lipinski definition) is 3. The van der Waals surface area contributed by atoms with Gasteiger partial charge in [0.1, 0.15) is 6.04 Å². The number of carboxylic acids is 1. The number of nitrogens with two attached hydrogens (primary N) is 1. The first-order valence-electron chi connectivity index (χ1n) is 6.72. The second-order valence-electron chi connectivity index (χ2n) is 5.08. The molecule has 0 fully saturated rings. The van der Waals surface area contributed by atoms with E-state index in [9.17, 15) is 24.4 Å². The summed E-state index contributed by atoms with van der Waals surface area (Å²) in [7, 11) is -2.49. The van der Waals surface area contributed by atoms with Crippen molar-refractivity contribution in [3.8, 4) is 5.75 Å². The number of rotatable bonds is 8. The Balaban J connectivity index is 3.01. The number of benzene rings is 1. The monoisotopic (exact) mass is 346 g/mol. The molecular weight excluding hydrogens is 327 g/mol.